The van der Waals surface area contributed by atoms with Crippen LogP contribution in [0.1, 0.15) is 30.0 Å². The van der Waals surface area contributed by atoms with Gasteiger partial charge >= 0.3 is 6.03 Å². The normalized spacial score (nSPS) is 21.4. The Morgan fingerprint density at radius 3 is 2.38 bits per heavy atom. The van der Waals surface area contributed by atoms with Crippen LogP contribution in [-0.4, -0.2) is 72.4 Å². The molecule has 8 nitrogen and oxygen atoms in total. The van der Waals surface area contributed by atoms with Gasteiger partial charge in [-0.25, -0.2) is 4.79 Å². The lowest BCUT2D eigenvalue weighted by Crippen LogP contribution is -2.45. The predicted octanol–water partition coefficient (Wildman–Crippen LogP) is 2.51. The summed E-state index contributed by atoms with van der Waals surface area (Å²) in [6.45, 7) is 6.99. The average Bonchev–Trinajstić information content (AvgIpc) is 2.98. The van der Waals surface area contributed by atoms with Crippen LogP contribution in [0.4, 0.5) is 4.79 Å². The van der Waals surface area contributed by atoms with Crippen molar-refractivity contribution in [2.45, 2.75) is 32.4 Å². The van der Waals surface area contributed by atoms with Crippen molar-refractivity contribution >= 4 is 17.8 Å². The van der Waals surface area contributed by atoms with E-state index in [9.17, 15) is 14.4 Å². The second-order valence-electron chi connectivity index (χ2n) is 9.17. The van der Waals surface area contributed by atoms with Crippen molar-refractivity contribution in [2.24, 2.45) is 0 Å². The van der Waals surface area contributed by atoms with Gasteiger partial charge in [0.15, 0.2) is 0 Å². The number of ether oxygens (including phenoxy) is 1. The highest BCUT2D eigenvalue weighted by Gasteiger charge is 2.49. The number of rotatable bonds is 6. The van der Waals surface area contributed by atoms with Gasteiger partial charge in [0.25, 0.3) is 5.91 Å². The summed E-state index contributed by atoms with van der Waals surface area (Å²) in [7, 11) is 1.65. The lowest BCUT2D eigenvalue weighted by atomic mass is 9.91. The fraction of sp³-hybridized carbons (Fsp3) is 0.423. The first-order chi connectivity index (χ1) is 16.3. The van der Waals surface area contributed by atoms with E-state index in [1.807, 2.05) is 43.3 Å². The van der Waals surface area contributed by atoms with Gasteiger partial charge in [0.2, 0.25) is 5.91 Å². The molecule has 2 aliphatic heterocycles. The summed E-state index contributed by atoms with van der Waals surface area (Å²) < 4.78 is 5.22. The van der Waals surface area contributed by atoms with Crippen molar-refractivity contribution in [3.05, 3.63) is 65.2 Å². The highest BCUT2D eigenvalue weighted by atomic mass is 16.5. The van der Waals surface area contributed by atoms with Gasteiger partial charge < -0.3 is 15.0 Å². The zero-order chi connectivity index (χ0) is 24.3. The molecule has 2 aliphatic rings. The zero-order valence-corrected chi connectivity index (χ0v) is 20.0. The Labute approximate surface area is 200 Å². The molecule has 2 aromatic rings. The van der Waals surface area contributed by atoms with E-state index in [1.165, 1.54) is 5.56 Å². The van der Waals surface area contributed by atoms with Crippen LogP contribution >= 0.6 is 0 Å². The molecule has 4 rings (SSSR count). The Hall–Kier alpha value is -3.39. The predicted molar refractivity (Wildman–Crippen MR) is 128 cm³/mol. The number of urea groups is 1. The average molecular weight is 465 g/mol. The number of carbonyl (C=O) groups excluding carboxylic acids is 3. The lowest BCUT2D eigenvalue weighted by molar-refractivity contribution is -0.138. The van der Waals surface area contributed by atoms with Gasteiger partial charge in [0, 0.05) is 32.7 Å². The minimum absolute atomic E-state index is 0.206. The molecule has 0 unspecified atom stereocenters. The van der Waals surface area contributed by atoms with Crippen LogP contribution in [0, 0.1) is 6.92 Å². The van der Waals surface area contributed by atoms with E-state index in [0.29, 0.717) is 18.7 Å². The van der Waals surface area contributed by atoms with Crippen LogP contribution in [0.25, 0.3) is 0 Å². The summed E-state index contributed by atoms with van der Waals surface area (Å²) in [5, 5.41) is 2.78. The summed E-state index contributed by atoms with van der Waals surface area (Å²) in [6.07, 6.45) is 0.836. The molecule has 2 fully saturated rings. The third-order valence-electron chi connectivity index (χ3n) is 6.70. The van der Waals surface area contributed by atoms with E-state index in [4.69, 9.17) is 4.74 Å². The number of aryl methyl sites for hydroxylation is 1. The van der Waals surface area contributed by atoms with Crippen molar-refractivity contribution in [2.75, 3.05) is 39.8 Å². The zero-order valence-electron chi connectivity index (χ0n) is 20.0. The van der Waals surface area contributed by atoms with Crippen LogP contribution in [0.5, 0.6) is 5.75 Å². The molecule has 4 amide bonds. The van der Waals surface area contributed by atoms with Crippen LogP contribution in [0.2, 0.25) is 0 Å². The molecule has 8 heteroatoms. The van der Waals surface area contributed by atoms with Gasteiger partial charge in [-0.2, -0.15) is 0 Å². The Morgan fingerprint density at radius 1 is 1.00 bits per heavy atom. The van der Waals surface area contributed by atoms with E-state index >= 15 is 0 Å². The van der Waals surface area contributed by atoms with E-state index in [1.54, 1.807) is 18.9 Å². The van der Waals surface area contributed by atoms with Crippen molar-refractivity contribution in [3.8, 4) is 5.75 Å². The number of nitrogens with one attached hydrogen (secondary N) is 1. The number of amides is 4. The molecule has 0 aliphatic carbocycles. The van der Waals surface area contributed by atoms with Gasteiger partial charge in [-0.15, -0.1) is 0 Å². The minimum Gasteiger partial charge on any atom is -0.497 e. The van der Waals surface area contributed by atoms with E-state index < -0.39 is 17.5 Å². The van der Waals surface area contributed by atoms with E-state index in [0.717, 1.165) is 42.3 Å². The number of hydrogen-bond donors (Lipinski definition) is 1. The molecule has 180 valence electrons. The Bertz CT molecular complexity index is 1050. The second kappa shape index (κ2) is 9.85. The first kappa shape index (κ1) is 23.8. The van der Waals surface area contributed by atoms with Gasteiger partial charge in [0.1, 0.15) is 17.8 Å². The third kappa shape index (κ3) is 4.92. The first-order valence-corrected chi connectivity index (χ1v) is 11.6. The first-order valence-electron chi connectivity index (χ1n) is 11.6. The largest absolute Gasteiger partial charge is 0.497 e. The summed E-state index contributed by atoms with van der Waals surface area (Å²) in [4.78, 5) is 44.0. The Morgan fingerprint density at radius 2 is 1.71 bits per heavy atom. The molecule has 0 saturated carbocycles. The summed E-state index contributed by atoms with van der Waals surface area (Å²) in [5.41, 5.74) is 1.79. The summed E-state index contributed by atoms with van der Waals surface area (Å²) in [5.74, 6) is 0.226. The quantitative estimate of drug-likeness (QED) is 0.665. The molecule has 0 bridgehead atoms. The monoisotopic (exact) mass is 464 g/mol. The molecule has 2 heterocycles. The number of imide groups is 1. The van der Waals surface area contributed by atoms with Crippen molar-refractivity contribution in [1.82, 2.24) is 20.0 Å². The smallest absolute Gasteiger partial charge is 0.325 e. The van der Waals surface area contributed by atoms with Crippen molar-refractivity contribution in [3.63, 3.8) is 0 Å². The summed E-state index contributed by atoms with van der Waals surface area (Å²) >= 11 is 0. The van der Waals surface area contributed by atoms with E-state index in [2.05, 4.69) is 22.3 Å². The van der Waals surface area contributed by atoms with Gasteiger partial charge in [-0.3, -0.25) is 19.4 Å². The number of benzene rings is 2. The molecule has 1 N–H and O–H groups in total. The molecule has 2 saturated heterocycles. The maximum absolute atomic E-state index is 13.2. The van der Waals surface area contributed by atoms with Crippen LogP contribution < -0.4 is 10.1 Å². The van der Waals surface area contributed by atoms with Crippen molar-refractivity contribution < 1.29 is 19.1 Å². The Kier molecular flexibility index (Phi) is 6.88. The second-order valence-corrected chi connectivity index (χ2v) is 9.17. The molecule has 34 heavy (non-hydrogen) atoms. The SMILES string of the molecule is COc1ccc(CN2CCCN(C(=O)CN3C(=O)N[C@@](C)(c4ccc(C)cc4)C3=O)CC2)cc1. The lowest BCUT2D eigenvalue weighted by Gasteiger charge is -2.25. The van der Waals surface area contributed by atoms with E-state index in [-0.39, 0.29) is 12.5 Å². The Balaban J connectivity index is 1.35. The van der Waals surface area contributed by atoms with Gasteiger partial charge in [-0.1, -0.05) is 42.0 Å². The fourth-order valence-corrected chi connectivity index (χ4v) is 4.53. The number of nitrogens with zero attached hydrogens (tertiary/aromatic N) is 3. The topological polar surface area (TPSA) is 82.2 Å². The highest BCUT2D eigenvalue weighted by Crippen LogP contribution is 2.29. The van der Waals surface area contributed by atoms with Gasteiger partial charge in [0.05, 0.1) is 7.11 Å². The van der Waals surface area contributed by atoms with Gasteiger partial charge in [-0.05, 0) is 43.5 Å². The fourth-order valence-electron chi connectivity index (χ4n) is 4.53. The maximum Gasteiger partial charge on any atom is 0.325 e. The van der Waals surface area contributed by atoms with Crippen LogP contribution in [0.3, 0.4) is 0 Å². The number of methoxy groups -OCH3 is 1. The maximum atomic E-state index is 13.2. The van der Waals surface area contributed by atoms with Crippen molar-refractivity contribution in [1.29, 1.82) is 0 Å². The standard InChI is InChI=1S/C26H32N4O4/c1-19-5-9-21(10-6-19)26(2)24(32)30(25(33)27-26)18-23(31)29-14-4-13-28(15-16-29)17-20-7-11-22(34-3)12-8-20/h5-12H,4,13-18H2,1-3H3,(H,27,33)/t26-/m0/s1. The molecule has 0 spiro atoms. The number of hydrogen-bond acceptors (Lipinski definition) is 5. The molecule has 2 aromatic carbocycles. The highest BCUT2D eigenvalue weighted by molar-refractivity contribution is 6.09. The molecular formula is C26H32N4O4. The van der Waals surface area contributed by atoms with Crippen LogP contribution in [-0.2, 0) is 21.7 Å². The van der Waals surface area contributed by atoms with Crippen LogP contribution in [0.15, 0.2) is 48.5 Å². The molecule has 0 aromatic heterocycles. The third-order valence-corrected chi connectivity index (χ3v) is 6.70. The molecular weight excluding hydrogens is 432 g/mol. The summed E-state index contributed by atoms with van der Waals surface area (Å²) in [6, 6.07) is 15.0. The molecule has 1 atom stereocenters. The number of carbonyl (C=O) groups is 3. The molecule has 0 radical (unpaired) electrons. The minimum atomic E-state index is -1.17.